The predicted molar refractivity (Wildman–Crippen MR) is 61.2 cm³/mol. The molecule has 0 aliphatic carbocycles. The van der Waals surface area contributed by atoms with Crippen molar-refractivity contribution in [3.63, 3.8) is 0 Å². The Morgan fingerprint density at radius 1 is 1.38 bits per heavy atom. The molecule has 2 aromatic rings. The van der Waals surface area contributed by atoms with Gasteiger partial charge in [0.05, 0.1) is 6.04 Å². The van der Waals surface area contributed by atoms with Crippen LogP contribution in [-0.4, -0.2) is 11.7 Å². The maximum absolute atomic E-state index is 5.14. The second-order valence-electron chi connectivity index (χ2n) is 4.20. The van der Waals surface area contributed by atoms with E-state index in [0.717, 1.165) is 24.4 Å². The molecular formula is C13H14N2O. The van der Waals surface area contributed by atoms with E-state index in [1.54, 1.807) is 0 Å². The molecule has 3 nitrogen and oxygen atoms in total. The minimum Gasteiger partial charge on any atom is -0.361 e. The van der Waals surface area contributed by atoms with Crippen LogP contribution in [0.5, 0.6) is 0 Å². The lowest BCUT2D eigenvalue weighted by Crippen LogP contribution is -2.30. The average molecular weight is 214 g/mol. The first-order valence-electron chi connectivity index (χ1n) is 5.59. The Labute approximate surface area is 94.5 Å². The monoisotopic (exact) mass is 214 g/mol. The number of hydrogen-bond acceptors (Lipinski definition) is 3. The van der Waals surface area contributed by atoms with Crippen LogP contribution in [0.15, 0.2) is 34.9 Å². The van der Waals surface area contributed by atoms with Crippen LogP contribution in [0.2, 0.25) is 0 Å². The Balaban J connectivity index is 2.04. The van der Waals surface area contributed by atoms with Gasteiger partial charge >= 0.3 is 0 Å². The number of aryl methyl sites for hydroxylation is 1. The van der Waals surface area contributed by atoms with Gasteiger partial charge in [0.1, 0.15) is 11.5 Å². The molecule has 0 radical (unpaired) electrons. The van der Waals surface area contributed by atoms with Gasteiger partial charge in [-0.15, -0.1) is 0 Å². The molecule has 3 rings (SSSR count). The Kier molecular flexibility index (Phi) is 2.26. The van der Waals surface area contributed by atoms with Gasteiger partial charge in [-0.3, -0.25) is 0 Å². The van der Waals surface area contributed by atoms with Crippen LogP contribution >= 0.6 is 0 Å². The lowest BCUT2D eigenvalue weighted by molar-refractivity contribution is 0.382. The molecule has 3 heteroatoms. The Morgan fingerprint density at radius 3 is 3.06 bits per heavy atom. The van der Waals surface area contributed by atoms with E-state index in [9.17, 15) is 0 Å². The largest absolute Gasteiger partial charge is 0.361 e. The first kappa shape index (κ1) is 9.60. The van der Waals surface area contributed by atoms with Crippen LogP contribution < -0.4 is 5.32 Å². The molecule has 1 aromatic heterocycles. The zero-order valence-electron chi connectivity index (χ0n) is 9.23. The van der Waals surface area contributed by atoms with Crippen molar-refractivity contribution < 1.29 is 4.52 Å². The first-order chi connectivity index (χ1) is 7.84. The van der Waals surface area contributed by atoms with E-state index in [1.165, 1.54) is 11.1 Å². The quantitative estimate of drug-likeness (QED) is 0.791. The van der Waals surface area contributed by atoms with Gasteiger partial charge in [0.2, 0.25) is 0 Å². The molecule has 0 spiro atoms. The molecule has 0 amide bonds. The van der Waals surface area contributed by atoms with Gasteiger partial charge in [0.15, 0.2) is 0 Å². The topological polar surface area (TPSA) is 38.1 Å². The van der Waals surface area contributed by atoms with E-state index in [0.29, 0.717) is 0 Å². The molecular weight excluding hydrogens is 200 g/mol. The highest BCUT2D eigenvalue weighted by Crippen LogP contribution is 2.27. The summed E-state index contributed by atoms with van der Waals surface area (Å²) in [4.78, 5) is 0. The van der Waals surface area contributed by atoms with E-state index >= 15 is 0 Å². The average Bonchev–Trinajstić information content (AvgIpc) is 2.75. The molecule has 1 aliphatic heterocycles. The van der Waals surface area contributed by atoms with Crippen LogP contribution in [0.4, 0.5) is 0 Å². The fraction of sp³-hybridized carbons (Fsp3) is 0.308. The summed E-state index contributed by atoms with van der Waals surface area (Å²) in [6.45, 7) is 2.92. The third-order valence-electron chi connectivity index (χ3n) is 3.05. The van der Waals surface area contributed by atoms with Gasteiger partial charge in [0, 0.05) is 12.6 Å². The second kappa shape index (κ2) is 3.76. The fourth-order valence-corrected chi connectivity index (χ4v) is 2.29. The van der Waals surface area contributed by atoms with Gasteiger partial charge in [-0.1, -0.05) is 29.4 Å². The van der Waals surface area contributed by atoms with Crippen molar-refractivity contribution in [2.75, 3.05) is 6.54 Å². The van der Waals surface area contributed by atoms with Crippen LogP contribution in [0.25, 0.3) is 0 Å². The van der Waals surface area contributed by atoms with Crippen molar-refractivity contribution in [2.24, 2.45) is 0 Å². The van der Waals surface area contributed by atoms with Crippen molar-refractivity contribution in [3.8, 4) is 0 Å². The fourth-order valence-electron chi connectivity index (χ4n) is 2.29. The van der Waals surface area contributed by atoms with Crippen LogP contribution in [0.1, 0.15) is 28.6 Å². The van der Waals surface area contributed by atoms with Crippen molar-refractivity contribution >= 4 is 0 Å². The van der Waals surface area contributed by atoms with Gasteiger partial charge in [-0.05, 0) is 24.5 Å². The molecule has 1 aliphatic rings. The summed E-state index contributed by atoms with van der Waals surface area (Å²) in [5.74, 6) is 0.861. The summed E-state index contributed by atoms with van der Waals surface area (Å²) < 4.78 is 5.14. The number of nitrogens with one attached hydrogen (secondary N) is 1. The Morgan fingerprint density at radius 2 is 2.25 bits per heavy atom. The van der Waals surface area contributed by atoms with Gasteiger partial charge in [0.25, 0.3) is 0 Å². The number of fused-ring (bicyclic) bond motifs is 1. The standard InChI is InChI=1S/C13H14N2O/c1-9-8-12(15-16-9)13-11-5-3-2-4-10(11)6-7-14-13/h2-5,8,13-14H,6-7H2,1H3. The van der Waals surface area contributed by atoms with E-state index in [4.69, 9.17) is 4.52 Å². The van der Waals surface area contributed by atoms with E-state index in [1.807, 2.05) is 13.0 Å². The number of rotatable bonds is 1. The third-order valence-corrected chi connectivity index (χ3v) is 3.05. The van der Waals surface area contributed by atoms with Gasteiger partial charge in [-0.25, -0.2) is 0 Å². The summed E-state index contributed by atoms with van der Waals surface area (Å²) >= 11 is 0. The number of aromatic nitrogens is 1. The maximum Gasteiger partial charge on any atom is 0.134 e. The van der Waals surface area contributed by atoms with E-state index < -0.39 is 0 Å². The third kappa shape index (κ3) is 1.53. The smallest absolute Gasteiger partial charge is 0.134 e. The molecule has 0 saturated heterocycles. The van der Waals surface area contributed by atoms with Crippen molar-refractivity contribution in [1.82, 2.24) is 10.5 Å². The van der Waals surface area contributed by atoms with E-state index in [-0.39, 0.29) is 6.04 Å². The van der Waals surface area contributed by atoms with Crippen molar-refractivity contribution in [3.05, 3.63) is 52.9 Å². The van der Waals surface area contributed by atoms with E-state index in [2.05, 4.69) is 34.7 Å². The summed E-state index contributed by atoms with van der Waals surface area (Å²) in [6, 6.07) is 10.7. The molecule has 0 fully saturated rings. The Hall–Kier alpha value is -1.61. The predicted octanol–water partition coefficient (Wildman–Crippen LogP) is 2.22. The minimum absolute atomic E-state index is 0.183. The SMILES string of the molecule is Cc1cc(C2NCCc3ccccc32)no1. The van der Waals surface area contributed by atoms with Crippen LogP contribution in [0, 0.1) is 6.92 Å². The van der Waals surface area contributed by atoms with Gasteiger partial charge in [-0.2, -0.15) is 0 Å². The lowest BCUT2D eigenvalue weighted by Gasteiger charge is -2.25. The lowest BCUT2D eigenvalue weighted by atomic mass is 9.92. The molecule has 0 bridgehead atoms. The van der Waals surface area contributed by atoms with Crippen molar-refractivity contribution in [1.29, 1.82) is 0 Å². The summed E-state index contributed by atoms with van der Waals surface area (Å²) in [5.41, 5.74) is 3.71. The number of nitrogens with zero attached hydrogens (tertiary/aromatic N) is 1. The molecule has 16 heavy (non-hydrogen) atoms. The second-order valence-corrected chi connectivity index (χ2v) is 4.20. The molecule has 82 valence electrons. The summed E-state index contributed by atoms with van der Waals surface area (Å²) in [6.07, 6.45) is 1.09. The molecule has 1 atom stereocenters. The maximum atomic E-state index is 5.14. The van der Waals surface area contributed by atoms with Crippen molar-refractivity contribution in [2.45, 2.75) is 19.4 Å². The molecule has 2 heterocycles. The molecule has 1 N–H and O–H groups in total. The zero-order valence-corrected chi connectivity index (χ0v) is 9.23. The van der Waals surface area contributed by atoms with Gasteiger partial charge < -0.3 is 9.84 Å². The number of benzene rings is 1. The summed E-state index contributed by atoms with van der Waals surface area (Å²) in [5, 5.41) is 7.58. The van der Waals surface area contributed by atoms with Crippen LogP contribution in [0.3, 0.4) is 0 Å². The minimum atomic E-state index is 0.183. The highest BCUT2D eigenvalue weighted by molar-refractivity contribution is 5.37. The first-order valence-corrected chi connectivity index (χ1v) is 5.59. The van der Waals surface area contributed by atoms with Crippen LogP contribution in [-0.2, 0) is 6.42 Å². The number of hydrogen-bond donors (Lipinski definition) is 1. The Bertz CT molecular complexity index is 504. The molecule has 1 unspecified atom stereocenters. The highest BCUT2D eigenvalue weighted by Gasteiger charge is 2.23. The molecule has 0 saturated carbocycles. The zero-order chi connectivity index (χ0) is 11.0. The molecule has 1 aromatic carbocycles. The summed E-state index contributed by atoms with van der Waals surface area (Å²) in [7, 11) is 0. The normalized spacial score (nSPS) is 19.4. The highest BCUT2D eigenvalue weighted by atomic mass is 16.5.